The fourth-order valence-corrected chi connectivity index (χ4v) is 1.05. The average Bonchev–Trinajstić information content (AvgIpc) is 2.02. The highest BCUT2D eigenvalue weighted by atomic mass is 19.4. The number of aromatic nitrogens is 1. The molecule has 6 heteroatoms. The van der Waals surface area contributed by atoms with Crippen molar-refractivity contribution in [2.24, 2.45) is 5.73 Å². The van der Waals surface area contributed by atoms with Gasteiger partial charge in [-0.3, -0.25) is 4.79 Å². The predicted octanol–water partition coefficient (Wildman–Crippen LogP) is 0.895. The quantitative estimate of drug-likeness (QED) is 0.755. The molecule has 0 atom stereocenters. The summed E-state index contributed by atoms with van der Waals surface area (Å²) in [5.41, 5.74) is 3.67. The average molecular weight is 206 g/mol. The van der Waals surface area contributed by atoms with Gasteiger partial charge in [-0.05, 0) is 19.0 Å². The number of alkyl halides is 3. The second-order valence-electron chi connectivity index (χ2n) is 2.79. The van der Waals surface area contributed by atoms with Crippen molar-refractivity contribution in [1.82, 2.24) is 4.98 Å². The molecule has 1 aromatic heterocycles. The predicted molar refractivity (Wildman–Crippen MR) is 44.8 cm³/mol. The number of H-pyrrole nitrogens is 1. The molecule has 14 heavy (non-hydrogen) atoms. The van der Waals surface area contributed by atoms with E-state index in [1.807, 2.05) is 0 Å². The van der Waals surface area contributed by atoms with Gasteiger partial charge in [0, 0.05) is 11.8 Å². The third-order valence-electron chi connectivity index (χ3n) is 1.64. The highest BCUT2D eigenvalue weighted by molar-refractivity contribution is 5.19. The van der Waals surface area contributed by atoms with Gasteiger partial charge in [-0.15, -0.1) is 0 Å². The van der Waals surface area contributed by atoms with Gasteiger partial charge >= 0.3 is 6.18 Å². The third-order valence-corrected chi connectivity index (χ3v) is 1.64. The zero-order valence-electron chi connectivity index (χ0n) is 7.19. The van der Waals surface area contributed by atoms with Crippen molar-refractivity contribution in [3.8, 4) is 0 Å². The maximum absolute atomic E-state index is 12.2. The maximum atomic E-state index is 12.2. The minimum absolute atomic E-state index is 0.192. The van der Waals surface area contributed by atoms with E-state index in [9.17, 15) is 18.0 Å². The van der Waals surface area contributed by atoms with Crippen LogP contribution in [0, 0.1) is 0 Å². The van der Waals surface area contributed by atoms with Crippen LogP contribution in [0.1, 0.15) is 11.3 Å². The summed E-state index contributed by atoms with van der Waals surface area (Å²) in [4.78, 5) is 13.1. The summed E-state index contributed by atoms with van der Waals surface area (Å²) in [5, 5.41) is 0. The molecular formula is C8H9F3N2O. The van der Waals surface area contributed by atoms with E-state index in [2.05, 4.69) is 4.98 Å². The summed E-state index contributed by atoms with van der Waals surface area (Å²) in [6.07, 6.45) is -4.27. The second-order valence-corrected chi connectivity index (χ2v) is 2.79. The zero-order chi connectivity index (χ0) is 10.8. The normalized spacial score (nSPS) is 11.7. The lowest BCUT2D eigenvalue weighted by Gasteiger charge is -2.07. The molecule has 0 aliphatic rings. The molecule has 0 saturated carbocycles. The van der Waals surface area contributed by atoms with Crippen LogP contribution in [0.4, 0.5) is 13.2 Å². The van der Waals surface area contributed by atoms with Gasteiger partial charge in [-0.2, -0.15) is 13.2 Å². The van der Waals surface area contributed by atoms with E-state index in [4.69, 9.17) is 5.73 Å². The van der Waals surface area contributed by atoms with E-state index in [-0.39, 0.29) is 18.7 Å². The van der Waals surface area contributed by atoms with Crippen molar-refractivity contribution in [3.05, 3.63) is 33.7 Å². The molecule has 0 spiro atoms. The van der Waals surface area contributed by atoms with Gasteiger partial charge in [0.15, 0.2) is 0 Å². The molecule has 0 saturated heterocycles. The monoisotopic (exact) mass is 206 g/mol. The molecule has 0 radical (unpaired) electrons. The number of nitrogens with two attached hydrogens (primary N) is 1. The zero-order valence-corrected chi connectivity index (χ0v) is 7.19. The van der Waals surface area contributed by atoms with Gasteiger partial charge in [0.25, 0.3) is 0 Å². The van der Waals surface area contributed by atoms with Gasteiger partial charge in [-0.1, -0.05) is 0 Å². The van der Waals surface area contributed by atoms with E-state index in [0.717, 1.165) is 6.07 Å². The van der Waals surface area contributed by atoms with Crippen LogP contribution in [0.3, 0.4) is 0 Å². The van der Waals surface area contributed by atoms with Gasteiger partial charge in [0.2, 0.25) is 5.56 Å². The maximum Gasteiger partial charge on any atom is 0.416 e. The molecular weight excluding hydrogens is 197 g/mol. The molecule has 0 amide bonds. The minimum atomic E-state index is -4.49. The molecule has 0 unspecified atom stereocenters. The van der Waals surface area contributed by atoms with Gasteiger partial charge in [0.1, 0.15) is 0 Å². The molecule has 78 valence electrons. The van der Waals surface area contributed by atoms with E-state index >= 15 is 0 Å². The third kappa shape index (κ3) is 2.59. The lowest BCUT2D eigenvalue weighted by Crippen LogP contribution is -2.16. The number of rotatable bonds is 2. The second kappa shape index (κ2) is 3.83. The van der Waals surface area contributed by atoms with Gasteiger partial charge in [-0.25, -0.2) is 0 Å². The Balaban J connectivity index is 3.14. The summed E-state index contributed by atoms with van der Waals surface area (Å²) in [6, 6.07) is 1.42. The minimum Gasteiger partial charge on any atom is -0.330 e. The number of nitrogens with one attached hydrogen (secondary N) is 1. The summed E-state index contributed by atoms with van der Waals surface area (Å²) in [7, 11) is 0. The first-order chi connectivity index (χ1) is 6.43. The number of hydrogen-bond donors (Lipinski definition) is 2. The molecule has 0 fully saturated rings. The van der Waals surface area contributed by atoms with Crippen LogP contribution in [-0.4, -0.2) is 11.5 Å². The molecule has 0 aromatic carbocycles. The van der Waals surface area contributed by atoms with Crippen molar-refractivity contribution in [2.45, 2.75) is 12.6 Å². The van der Waals surface area contributed by atoms with E-state index in [1.165, 1.54) is 0 Å². The van der Waals surface area contributed by atoms with E-state index < -0.39 is 17.3 Å². The first-order valence-electron chi connectivity index (χ1n) is 3.94. The largest absolute Gasteiger partial charge is 0.416 e. The Morgan fingerprint density at radius 3 is 2.50 bits per heavy atom. The summed E-state index contributed by atoms with van der Waals surface area (Å²) >= 11 is 0. The van der Waals surface area contributed by atoms with Crippen LogP contribution < -0.4 is 11.3 Å². The van der Waals surface area contributed by atoms with Crippen LogP contribution in [-0.2, 0) is 12.6 Å². The summed E-state index contributed by atoms with van der Waals surface area (Å²) in [6.45, 7) is 0.192. The van der Waals surface area contributed by atoms with Crippen LogP contribution >= 0.6 is 0 Å². The standard InChI is InChI=1S/C8H9F3N2O/c9-8(10,11)5-3-6(1-2-12)13-7(14)4-5/h3-4H,1-2,12H2,(H,13,14). The Kier molecular flexibility index (Phi) is 2.95. The molecule has 3 N–H and O–H groups in total. The molecule has 0 bridgehead atoms. The van der Waals surface area contributed by atoms with Gasteiger partial charge < -0.3 is 10.7 Å². The van der Waals surface area contributed by atoms with Crippen LogP contribution in [0.2, 0.25) is 0 Å². The Hall–Kier alpha value is -1.30. The lowest BCUT2D eigenvalue weighted by molar-refractivity contribution is -0.137. The highest BCUT2D eigenvalue weighted by Crippen LogP contribution is 2.28. The van der Waals surface area contributed by atoms with E-state index in [1.54, 1.807) is 0 Å². The van der Waals surface area contributed by atoms with Crippen molar-refractivity contribution >= 4 is 0 Å². The summed E-state index contributed by atoms with van der Waals surface area (Å²) < 4.78 is 36.6. The molecule has 0 aliphatic carbocycles. The van der Waals surface area contributed by atoms with E-state index in [0.29, 0.717) is 6.07 Å². The first kappa shape index (κ1) is 10.8. The summed E-state index contributed by atoms with van der Waals surface area (Å²) in [5.74, 6) is 0. The van der Waals surface area contributed by atoms with Gasteiger partial charge in [0.05, 0.1) is 5.56 Å². The topological polar surface area (TPSA) is 58.9 Å². The van der Waals surface area contributed by atoms with Crippen LogP contribution in [0.5, 0.6) is 0 Å². The van der Waals surface area contributed by atoms with Crippen molar-refractivity contribution in [1.29, 1.82) is 0 Å². The molecule has 1 rings (SSSR count). The van der Waals surface area contributed by atoms with Crippen molar-refractivity contribution < 1.29 is 13.2 Å². The number of pyridine rings is 1. The number of aromatic amines is 1. The van der Waals surface area contributed by atoms with Crippen LogP contribution in [0.15, 0.2) is 16.9 Å². The van der Waals surface area contributed by atoms with Crippen LogP contribution in [0.25, 0.3) is 0 Å². The fraction of sp³-hybridized carbons (Fsp3) is 0.375. The molecule has 1 heterocycles. The smallest absolute Gasteiger partial charge is 0.330 e. The Morgan fingerprint density at radius 2 is 2.00 bits per heavy atom. The molecule has 1 aromatic rings. The van der Waals surface area contributed by atoms with Crippen molar-refractivity contribution in [2.75, 3.05) is 6.54 Å². The SMILES string of the molecule is NCCc1cc(C(F)(F)F)cc(=O)[nH]1. The Bertz CT molecular complexity index is 370. The Labute approximate surface area is 77.7 Å². The first-order valence-corrected chi connectivity index (χ1v) is 3.94. The highest BCUT2D eigenvalue weighted by Gasteiger charge is 2.31. The molecule has 0 aliphatic heterocycles. The lowest BCUT2D eigenvalue weighted by atomic mass is 10.2. The van der Waals surface area contributed by atoms with Crippen molar-refractivity contribution in [3.63, 3.8) is 0 Å². The molecule has 3 nitrogen and oxygen atoms in total. The Morgan fingerprint density at radius 1 is 1.36 bits per heavy atom. The fourth-order valence-electron chi connectivity index (χ4n) is 1.05. The number of halogens is 3. The number of hydrogen-bond acceptors (Lipinski definition) is 2.